The number of sulfonamides is 1. The van der Waals surface area contributed by atoms with Gasteiger partial charge in [-0.3, -0.25) is 4.79 Å². The summed E-state index contributed by atoms with van der Waals surface area (Å²) in [5.41, 5.74) is 1.18. The molecule has 0 bridgehead atoms. The third-order valence-electron chi connectivity index (χ3n) is 5.78. The van der Waals surface area contributed by atoms with Gasteiger partial charge < -0.3 is 5.32 Å². The van der Waals surface area contributed by atoms with Crippen LogP contribution in [0.1, 0.15) is 54.6 Å². The van der Waals surface area contributed by atoms with Crippen LogP contribution < -0.4 is 5.32 Å². The van der Waals surface area contributed by atoms with Crippen molar-refractivity contribution >= 4 is 27.7 Å². The largest absolute Gasteiger partial charge is 0.345 e. The fraction of sp³-hybridized carbons (Fsp3) is 0.409. The van der Waals surface area contributed by atoms with Gasteiger partial charge in [-0.05, 0) is 74.2 Å². The molecule has 1 amide bonds. The van der Waals surface area contributed by atoms with Crippen LogP contribution in [-0.2, 0) is 10.0 Å². The number of hydrogen-bond donors (Lipinski definition) is 1. The van der Waals surface area contributed by atoms with E-state index in [0.29, 0.717) is 18.5 Å². The van der Waals surface area contributed by atoms with E-state index in [-0.39, 0.29) is 28.7 Å². The molecule has 4 rings (SSSR count). The summed E-state index contributed by atoms with van der Waals surface area (Å²) >= 11 is 1.65. The second-order valence-corrected chi connectivity index (χ2v) is 10.9. The smallest absolute Gasteiger partial charge is 0.251 e. The molecule has 2 aliphatic rings. The minimum Gasteiger partial charge on any atom is -0.345 e. The fourth-order valence-corrected chi connectivity index (χ4v) is 6.90. The minimum atomic E-state index is -3.57. The van der Waals surface area contributed by atoms with Gasteiger partial charge in [0, 0.05) is 28.8 Å². The zero-order chi connectivity index (χ0) is 21.3. The molecule has 2 aromatic carbocycles. The molecule has 2 aromatic rings. The number of halogens is 1. The number of fused-ring (bicyclic) bond motifs is 1. The van der Waals surface area contributed by atoms with E-state index in [1.807, 2.05) is 6.92 Å². The first-order valence-electron chi connectivity index (χ1n) is 10.2. The van der Waals surface area contributed by atoms with E-state index in [1.54, 1.807) is 34.3 Å². The van der Waals surface area contributed by atoms with E-state index in [0.717, 1.165) is 35.5 Å². The van der Waals surface area contributed by atoms with Crippen molar-refractivity contribution in [1.29, 1.82) is 0 Å². The Bertz CT molecular complexity index is 1040. The van der Waals surface area contributed by atoms with Gasteiger partial charge in [0.1, 0.15) is 5.82 Å². The van der Waals surface area contributed by atoms with Crippen LogP contribution in [0.15, 0.2) is 52.3 Å². The van der Waals surface area contributed by atoms with Crippen molar-refractivity contribution in [1.82, 2.24) is 9.62 Å². The Balaban J connectivity index is 1.50. The van der Waals surface area contributed by atoms with Crippen LogP contribution in [0, 0.1) is 5.82 Å². The van der Waals surface area contributed by atoms with Gasteiger partial charge in [0.2, 0.25) is 10.0 Å². The molecule has 30 heavy (non-hydrogen) atoms. The molecule has 2 aliphatic heterocycles. The van der Waals surface area contributed by atoms with Gasteiger partial charge in [-0.2, -0.15) is 4.31 Å². The molecule has 2 unspecified atom stereocenters. The summed E-state index contributed by atoms with van der Waals surface area (Å²) < 4.78 is 41.1. The molecule has 160 valence electrons. The lowest BCUT2D eigenvalue weighted by atomic mass is 10.0. The van der Waals surface area contributed by atoms with E-state index in [1.165, 1.54) is 24.3 Å². The van der Waals surface area contributed by atoms with Crippen LogP contribution in [0.25, 0.3) is 0 Å². The molecular formula is C22H25FN2O3S2. The van der Waals surface area contributed by atoms with Crippen LogP contribution in [0.3, 0.4) is 0 Å². The number of rotatable bonds is 4. The summed E-state index contributed by atoms with van der Waals surface area (Å²) in [5, 5.41) is 2.97. The number of benzene rings is 2. The highest BCUT2D eigenvalue weighted by Gasteiger charge is 2.31. The first-order chi connectivity index (χ1) is 14.4. The molecule has 2 heterocycles. The summed E-state index contributed by atoms with van der Waals surface area (Å²) in [5.74, 6) is 0.226. The number of carbonyl (C=O) groups is 1. The van der Waals surface area contributed by atoms with Crippen LogP contribution in [0.5, 0.6) is 0 Å². The molecule has 8 heteroatoms. The number of nitrogens with zero attached hydrogens (tertiary/aromatic N) is 1. The number of amides is 1. The van der Waals surface area contributed by atoms with Gasteiger partial charge in [0.25, 0.3) is 5.91 Å². The predicted octanol–water partition coefficient (Wildman–Crippen LogP) is 4.36. The summed E-state index contributed by atoms with van der Waals surface area (Å²) in [4.78, 5) is 13.9. The standard InChI is InChI=1S/C22H25FN2O3S2/c1-15-4-2-3-12-25(15)30(27,28)18-8-5-16(6-9-18)22(26)24-20-11-13-29-21-10-7-17(23)14-19(20)21/h5-10,14-15,20H,2-4,11-13H2,1H3,(H,24,26). The van der Waals surface area contributed by atoms with Gasteiger partial charge in [0.05, 0.1) is 10.9 Å². The predicted molar refractivity (Wildman–Crippen MR) is 116 cm³/mol. The van der Waals surface area contributed by atoms with Crippen molar-refractivity contribution in [3.63, 3.8) is 0 Å². The van der Waals surface area contributed by atoms with E-state index in [9.17, 15) is 17.6 Å². The number of piperidine rings is 1. The topological polar surface area (TPSA) is 66.5 Å². The van der Waals surface area contributed by atoms with Gasteiger partial charge >= 0.3 is 0 Å². The minimum absolute atomic E-state index is 0.0173. The average molecular weight is 449 g/mol. The summed E-state index contributed by atoms with van der Waals surface area (Å²) in [7, 11) is -3.57. The van der Waals surface area contributed by atoms with Crippen LogP contribution in [-0.4, -0.2) is 37.0 Å². The van der Waals surface area contributed by atoms with E-state index >= 15 is 0 Å². The molecule has 1 fully saturated rings. The lowest BCUT2D eigenvalue weighted by Crippen LogP contribution is -2.41. The second-order valence-electron chi connectivity index (χ2n) is 7.83. The number of hydrogen-bond acceptors (Lipinski definition) is 4. The molecule has 5 nitrogen and oxygen atoms in total. The monoisotopic (exact) mass is 448 g/mol. The number of carbonyl (C=O) groups excluding carboxylic acids is 1. The molecule has 1 N–H and O–H groups in total. The van der Waals surface area contributed by atoms with Crippen molar-refractivity contribution in [3.8, 4) is 0 Å². The van der Waals surface area contributed by atoms with Crippen LogP contribution in [0.2, 0.25) is 0 Å². The summed E-state index contributed by atoms with van der Waals surface area (Å²) in [6.45, 7) is 2.46. The summed E-state index contributed by atoms with van der Waals surface area (Å²) in [6, 6.07) is 10.4. The Labute approximate surface area is 181 Å². The van der Waals surface area contributed by atoms with Crippen molar-refractivity contribution in [2.24, 2.45) is 0 Å². The SMILES string of the molecule is CC1CCCCN1S(=O)(=O)c1ccc(C(=O)NC2CCSc3ccc(F)cc32)cc1. The maximum absolute atomic E-state index is 13.7. The zero-order valence-corrected chi connectivity index (χ0v) is 18.4. The highest BCUT2D eigenvalue weighted by molar-refractivity contribution is 7.99. The normalized spacial score (nSPS) is 22.3. The Hall–Kier alpha value is -1.90. The van der Waals surface area contributed by atoms with E-state index in [2.05, 4.69) is 5.32 Å². The highest BCUT2D eigenvalue weighted by atomic mass is 32.2. The third-order valence-corrected chi connectivity index (χ3v) is 8.93. The third kappa shape index (κ3) is 4.26. The second kappa shape index (κ2) is 8.69. The van der Waals surface area contributed by atoms with Gasteiger partial charge in [-0.25, -0.2) is 12.8 Å². The Morgan fingerprint density at radius 1 is 1.13 bits per heavy atom. The average Bonchev–Trinajstić information content (AvgIpc) is 2.74. The Kier molecular flexibility index (Phi) is 6.18. The maximum Gasteiger partial charge on any atom is 0.251 e. The van der Waals surface area contributed by atoms with Crippen molar-refractivity contribution in [2.75, 3.05) is 12.3 Å². The van der Waals surface area contributed by atoms with Gasteiger partial charge in [-0.1, -0.05) is 6.42 Å². The molecule has 2 atom stereocenters. The molecule has 0 saturated carbocycles. The first-order valence-corrected chi connectivity index (χ1v) is 12.6. The van der Waals surface area contributed by atoms with Gasteiger partial charge in [-0.15, -0.1) is 11.8 Å². The Morgan fingerprint density at radius 3 is 2.63 bits per heavy atom. The van der Waals surface area contributed by atoms with Crippen molar-refractivity contribution in [3.05, 3.63) is 59.4 Å². The summed E-state index contributed by atoms with van der Waals surface area (Å²) in [6.07, 6.45) is 3.48. The lowest BCUT2D eigenvalue weighted by molar-refractivity contribution is 0.0934. The number of nitrogens with one attached hydrogen (secondary N) is 1. The molecule has 0 aliphatic carbocycles. The molecule has 1 saturated heterocycles. The van der Waals surface area contributed by atoms with E-state index < -0.39 is 10.0 Å². The number of thioether (sulfide) groups is 1. The lowest BCUT2D eigenvalue weighted by Gasteiger charge is -2.32. The molecule has 0 spiro atoms. The molecule has 0 radical (unpaired) electrons. The molecular weight excluding hydrogens is 423 g/mol. The van der Waals surface area contributed by atoms with E-state index in [4.69, 9.17) is 0 Å². The molecule has 0 aromatic heterocycles. The highest BCUT2D eigenvalue weighted by Crippen LogP contribution is 2.36. The van der Waals surface area contributed by atoms with Crippen molar-refractivity contribution < 1.29 is 17.6 Å². The van der Waals surface area contributed by atoms with Crippen LogP contribution >= 0.6 is 11.8 Å². The Morgan fingerprint density at radius 2 is 1.90 bits per heavy atom. The fourth-order valence-electron chi connectivity index (χ4n) is 4.10. The quantitative estimate of drug-likeness (QED) is 0.755. The van der Waals surface area contributed by atoms with Gasteiger partial charge in [0.15, 0.2) is 0 Å². The maximum atomic E-state index is 13.7. The first kappa shape index (κ1) is 21.3. The zero-order valence-electron chi connectivity index (χ0n) is 16.8. The van der Waals surface area contributed by atoms with Crippen molar-refractivity contribution in [2.45, 2.75) is 54.5 Å². The van der Waals surface area contributed by atoms with Crippen LogP contribution in [0.4, 0.5) is 4.39 Å².